The predicted octanol–water partition coefficient (Wildman–Crippen LogP) is 3.43. The number of carbonyl (C=O) groups excluding carboxylic acids is 2. The van der Waals surface area contributed by atoms with Gasteiger partial charge in [0.25, 0.3) is 11.8 Å². The molecule has 0 unspecified atom stereocenters. The van der Waals surface area contributed by atoms with Gasteiger partial charge in [-0.25, -0.2) is 18.3 Å². The second-order valence-corrected chi connectivity index (χ2v) is 7.16. The van der Waals surface area contributed by atoms with Gasteiger partial charge in [0.2, 0.25) is 0 Å². The van der Waals surface area contributed by atoms with E-state index in [0.29, 0.717) is 11.2 Å². The molecular weight excluding hydrogens is 416 g/mol. The Morgan fingerprint density at radius 2 is 1.78 bits per heavy atom. The van der Waals surface area contributed by atoms with Crippen molar-refractivity contribution in [2.45, 2.75) is 19.5 Å². The van der Waals surface area contributed by atoms with Crippen LogP contribution in [0.15, 0.2) is 66.9 Å². The van der Waals surface area contributed by atoms with E-state index in [-0.39, 0.29) is 24.0 Å². The van der Waals surface area contributed by atoms with Gasteiger partial charge in [-0.2, -0.15) is 5.10 Å². The molecule has 4 rings (SSSR count). The van der Waals surface area contributed by atoms with Crippen LogP contribution in [0.25, 0.3) is 5.65 Å². The Bertz CT molecular complexity index is 1290. The van der Waals surface area contributed by atoms with Crippen LogP contribution in [-0.2, 0) is 6.54 Å². The predicted molar refractivity (Wildman–Crippen MR) is 113 cm³/mol. The van der Waals surface area contributed by atoms with E-state index in [0.717, 1.165) is 17.7 Å². The van der Waals surface area contributed by atoms with Gasteiger partial charge < -0.3 is 10.6 Å². The summed E-state index contributed by atoms with van der Waals surface area (Å²) in [4.78, 5) is 29.8. The Morgan fingerprint density at radius 3 is 2.53 bits per heavy atom. The zero-order valence-corrected chi connectivity index (χ0v) is 17.0. The van der Waals surface area contributed by atoms with Gasteiger partial charge in [-0.3, -0.25) is 9.59 Å². The summed E-state index contributed by atoms with van der Waals surface area (Å²) in [5.74, 6) is -2.95. The average Bonchev–Trinajstić information content (AvgIpc) is 3.28. The molecule has 0 bridgehead atoms. The highest BCUT2D eigenvalue weighted by Gasteiger charge is 2.19. The summed E-state index contributed by atoms with van der Waals surface area (Å²) >= 11 is 0. The zero-order chi connectivity index (χ0) is 22.7. The zero-order valence-electron chi connectivity index (χ0n) is 17.0. The van der Waals surface area contributed by atoms with Crippen LogP contribution in [0, 0.1) is 11.6 Å². The second kappa shape index (κ2) is 8.93. The Labute approximate surface area is 182 Å². The maximum absolute atomic E-state index is 13.4. The van der Waals surface area contributed by atoms with E-state index in [1.165, 1.54) is 22.8 Å². The first-order valence-electron chi connectivity index (χ1n) is 9.85. The highest BCUT2D eigenvalue weighted by Crippen LogP contribution is 2.14. The van der Waals surface area contributed by atoms with Gasteiger partial charge in [-0.1, -0.05) is 36.4 Å². The molecule has 32 heavy (non-hydrogen) atoms. The number of rotatable bonds is 6. The molecule has 162 valence electrons. The van der Waals surface area contributed by atoms with Crippen molar-refractivity contribution in [1.82, 2.24) is 25.2 Å². The van der Waals surface area contributed by atoms with E-state index in [2.05, 4.69) is 20.7 Å². The molecule has 7 nitrogen and oxygen atoms in total. The van der Waals surface area contributed by atoms with Gasteiger partial charge in [-0.05, 0) is 30.2 Å². The summed E-state index contributed by atoms with van der Waals surface area (Å²) in [7, 11) is 0. The van der Waals surface area contributed by atoms with Crippen LogP contribution in [0.5, 0.6) is 0 Å². The molecule has 0 saturated carbocycles. The summed E-state index contributed by atoms with van der Waals surface area (Å²) in [6.45, 7) is 1.82. The number of nitrogens with one attached hydrogen (secondary N) is 2. The van der Waals surface area contributed by atoms with Crippen molar-refractivity contribution < 1.29 is 18.4 Å². The molecule has 2 N–H and O–H groups in total. The van der Waals surface area contributed by atoms with Crippen LogP contribution >= 0.6 is 0 Å². The first-order valence-corrected chi connectivity index (χ1v) is 9.85. The smallest absolute Gasteiger partial charge is 0.270 e. The third-order valence-electron chi connectivity index (χ3n) is 4.91. The molecule has 0 fully saturated rings. The number of carbonyl (C=O) groups is 2. The first kappa shape index (κ1) is 21.1. The molecule has 2 aromatic heterocycles. The van der Waals surface area contributed by atoms with Gasteiger partial charge in [-0.15, -0.1) is 0 Å². The third-order valence-corrected chi connectivity index (χ3v) is 4.91. The minimum Gasteiger partial charge on any atom is -0.347 e. The molecule has 2 aromatic carbocycles. The number of amides is 2. The largest absolute Gasteiger partial charge is 0.347 e. The van der Waals surface area contributed by atoms with Gasteiger partial charge in [0.15, 0.2) is 17.3 Å². The fourth-order valence-electron chi connectivity index (χ4n) is 3.21. The summed E-state index contributed by atoms with van der Waals surface area (Å²) in [5.41, 5.74) is 1.77. The molecule has 0 spiro atoms. The Morgan fingerprint density at radius 1 is 1.00 bits per heavy atom. The van der Waals surface area contributed by atoms with Crippen LogP contribution in [-0.4, -0.2) is 26.4 Å². The van der Waals surface area contributed by atoms with Crippen molar-refractivity contribution in [3.8, 4) is 0 Å². The van der Waals surface area contributed by atoms with Gasteiger partial charge in [0.1, 0.15) is 11.4 Å². The van der Waals surface area contributed by atoms with E-state index < -0.39 is 23.4 Å². The van der Waals surface area contributed by atoms with Crippen molar-refractivity contribution in [1.29, 1.82) is 0 Å². The molecule has 0 saturated heterocycles. The van der Waals surface area contributed by atoms with Crippen LogP contribution in [0.2, 0.25) is 0 Å². The topological polar surface area (TPSA) is 88.4 Å². The van der Waals surface area contributed by atoms with Crippen molar-refractivity contribution in [2.24, 2.45) is 0 Å². The molecule has 0 aliphatic heterocycles. The minimum absolute atomic E-state index is 0.00176. The Hall–Kier alpha value is -4.14. The second-order valence-electron chi connectivity index (χ2n) is 7.16. The molecule has 0 aliphatic rings. The SMILES string of the molecule is C[C@H](NC(=O)c1cc(C(=O)NCc2ccc(F)c(F)c2)nc2ccnn12)c1ccccc1. The molecule has 9 heteroatoms. The summed E-state index contributed by atoms with van der Waals surface area (Å²) in [6.07, 6.45) is 1.47. The van der Waals surface area contributed by atoms with E-state index in [9.17, 15) is 18.4 Å². The van der Waals surface area contributed by atoms with E-state index >= 15 is 0 Å². The third kappa shape index (κ3) is 4.46. The van der Waals surface area contributed by atoms with Crippen LogP contribution in [0.3, 0.4) is 0 Å². The minimum atomic E-state index is -0.998. The summed E-state index contributed by atoms with van der Waals surface area (Å²) in [5, 5.41) is 9.61. The van der Waals surface area contributed by atoms with Gasteiger partial charge in [0, 0.05) is 18.7 Å². The molecule has 0 radical (unpaired) electrons. The maximum atomic E-state index is 13.4. The van der Waals surface area contributed by atoms with E-state index in [1.807, 2.05) is 37.3 Å². The molecule has 2 heterocycles. The molecule has 4 aromatic rings. The number of benzene rings is 2. The lowest BCUT2D eigenvalue weighted by Crippen LogP contribution is -2.30. The maximum Gasteiger partial charge on any atom is 0.270 e. The molecule has 0 aliphatic carbocycles. The van der Waals surface area contributed by atoms with Crippen molar-refractivity contribution in [3.05, 3.63) is 101 Å². The quantitative estimate of drug-likeness (QED) is 0.486. The van der Waals surface area contributed by atoms with Crippen LogP contribution in [0.1, 0.15) is 45.1 Å². The molecular formula is C23H19F2N5O2. The monoisotopic (exact) mass is 435 g/mol. The van der Waals surface area contributed by atoms with E-state index in [4.69, 9.17) is 0 Å². The Balaban J connectivity index is 1.55. The normalized spacial score (nSPS) is 11.8. The highest BCUT2D eigenvalue weighted by molar-refractivity contribution is 5.98. The number of hydrogen-bond donors (Lipinski definition) is 2. The highest BCUT2D eigenvalue weighted by atomic mass is 19.2. The van der Waals surface area contributed by atoms with Gasteiger partial charge in [0.05, 0.1) is 12.2 Å². The first-order chi connectivity index (χ1) is 15.4. The van der Waals surface area contributed by atoms with Crippen molar-refractivity contribution >= 4 is 17.5 Å². The van der Waals surface area contributed by atoms with Crippen molar-refractivity contribution in [3.63, 3.8) is 0 Å². The molecule has 1 atom stereocenters. The average molecular weight is 435 g/mol. The summed E-state index contributed by atoms with van der Waals surface area (Å²) in [6, 6.07) is 15.5. The summed E-state index contributed by atoms with van der Waals surface area (Å²) < 4.78 is 27.8. The van der Waals surface area contributed by atoms with E-state index in [1.54, 1.807) is 6.07 Å². The van der Waals surface area contributed by atoms with Crippen LogP contribution < -0.4 is 10.6 Å². The standard InChI is InChI=1S/C23H19F2N5O2/c1-14(16-5-3-2-4-6-16)28-23(32)20-12-19(29-21-9-10-27-30(20)21)22(31)26-13-15-7-8-17(24)18(25)11-15/h2-12,14H,13H2,1H3,(H,26,31)(H,28,32)/t14-/m0/s1. The van der Waals surface area contributed by atoms with Crippen LogP contribution in [0.4, 0.5) is 8.78 Å². The lowest BCUT2D eigenvalue weighted by molar-refractivity contribution is 0.0932. The van der Waals surface area contributed by atoms with Gasteiger partial charge >= 0.3 is 0 Å². The lowest BCUT2D eigenvalue weighted by atomic mass is 10.1. The molecule has 2 amide bonds. The fraction of sp³-hybridized carbons (Fsp3) is 0.130. The fourth-order valence-corrected chi connectivity index (χ4v) is 3.21. The van der Waals surface area contributed by atoms with Crippen molar-refractivity contribution in [2.75, 3.05) is 0 Å². The number of nitrogens with zero attached hydrogens (tertiary/aromatic N) is 3. The number of aromatic nitrogens is 3. The number of halogens is 2. The number of fused-ring (bicyclic) bond motifs is 1. The Kier molecular flexibility index (Phi) is 5.89. The number of hydrogen-bond acceptors (Lipinski definition) is 4. The lowest BCUT2D eigenvalue weighted by Gasteiger charge is -2.15.